The zero-order valence-electron chi connectivity index (χ0n) is 28.0. The van der Waals surface area contributed by atoms with Gasteiger partial charge in [0.15, 0.2) is 9.84 Å². The molecule has 0 radical (unpaired) electrons. The van der Waals surface area contributed by atoms with Gasteiger partial charge in [-0.1, -0.05) is 73.6 Å². The van der Waals surface area contributed by atoms with Crippen molar-refractivity contribution in [1.29, 1.82) is 0 Å². The second kappa shape index (κ2) is 16.2. The lowest BCUT2D eigenvalue weighted by molar-refractivity contribution is -0.126. The second-order valence-corrected chi connectivity index (χ2v) is 15.1. The minimum Gasteiger partial charge on any atom is -0.393 e. The zero-order valence-corrected chi connectivity index (χ0v) is 28.8. The van der Waals surface area contributed by atoms with Gasteiger partial charge in [0.1, 0.15) is 0 Å². The molecular formula is C36H64O4S. The normalized spacial score (nSPS) is 38.2. The molecule has 0 spiro atoms. The first-order chi connectivity index (χ1) is 19.6. The van der Waals surface area contributed by atoms with Gasteiger partial charge >= 0.3 is 0 Å². The van der Waals surface area contributed by atoms with E-state index >= 15 is 0 Å². The van der Waals surface area contributed by atoms with Crippen molar-refractivity contribution in [3.63, 3.8) is 0 Å². The first-order valence-corrected chi connectivity index (χ1v) is 18.9. The lowest BCUT2D eigenvalue weighted by Gasteiger charge is -2.61. The van der Waals surface area contributed by atoms with Crippen LogP contribution in [-0.2, 0) is 14.6 Å². The van der Waals surface area contributed by atoms with E-state index in [9.17, 15) is 13.5 Å². The molecule has 9 atom stereocenters. The van der Waals surface area contributed by atoms with E-state index < -0.39 is 9.84 Å². The van der Waals surface area contributed by atoms with Crippen LogP contribution in [0.1, 0.15) is 127 Å². The third-order valence-electron chi connectivity index (χ3n) is 11.2. The Bertz CT molecular complexity index is 975. The molecule has 0 aromatic heterocycles. The molecule has 9 unspecified atom stereocenters. The summed E-state index contributed by atoms with van der Waals surface area (Å²) in [6, 6.07) is 8.99. The highest BCUT2D eigenvalue weighted by Crippen LogP contribution is 2.67. The number of hydrogen-bond acceptors (Lipinski definition) is 4. The van der Waals surface area contributed by atoms with Crippen molar-refractivity contribution < 1.29 is 18.3 Å². The Hall–Kier alpha value is -0.910. The second-order valence-electron chi connectivity index (χ2n) is 13.0. The fourth-order valence-corrected chi connectivity index (χ4v) is 10.4. The van der Waals surface area contributed by atoms with E-state index in [4.69, 9.17) is 4.74 Å². The number of aliphatic hydroxyl groups excluding tert-OH is 1. The third-order valence-corrected chi connectivity index (χ3v) is 12.9. The number of ether oxygens (including phenoxy) is 1. The molecule has 6 rings (SSSR count). The van der Waals surface area contributed by atoms with E-state index in [1.165, 1.54) is 44.9 Å². The van der Waals surface area contributed by atoms with Crippen LogP contribution in [0.2, 0.25) is 0 Å². The number of rotatable bonds is 4. The van der Waals surface area contributed by atoms with E-state index in [-0.39, 0.29) is 11.9 Å². The van der Waals surface area contributed by atoms with Crippen LogP contribution in [0.5, 0.6) is 0 Å². The highest BCUT2D eigenvalue weighted by Gasteiger charge is 2.59. The fourth-order valence-electron chi connectivity index (χ4n) is 8.96. The third kappa shape index (κ3) is 8.38. The maximum atomic E-state index is 12.9. The minimum atomic E-state index is -3.19. The number of sulfone groups is 1. The monoisotopic (exact) mass is 592 g/mol. The van der Waals surface area contributed by atoms with E-state index in [0.29, 0.717) is 33.7 Å². The summed E-state index contributed by atoms with van der Waals surface area (Å²) in [7, 11) is -3.19. The van der Waals surface area contributed by atoms with Crippen molar-refractivity contribution in [2.45, 2.75) is 144 Å². The first kappa shape index (κ1) is 36.3. The molecule has 0 bridgehead atoms. The molecule has 4 aliphatic carbocycles. The molecule has 0 amide bonds. The Morgan fingerprint density at radius 3 is 1.98 bits per heavy atom. The first-order valence-electron chi connectivity index (χ1n) is 17.2. The Kier molecular flexibility index (Phi) is 14.4. The average molecular weight is 593 g/mol. The summed E-state index contributed by atoms with van der Waals surface area (Å²) in [6.45, 7) is 20.1. The number of hydrogen-bond donors (Lipinski definition) is 1. The maximum Gasteiger partial charge on any atom is 0.178 e. The topological polar surface area (TPSA) is 66.9 Å². The molecule has 1 N–H and O–H groups in total. The van der Waals surface area contributed by atoms with Crippen LogP contribution in [-0.4, -0.2) is 38.1 Å². The molecular weight excluding hydrogens is 528 g/mol. The smallest absolute Gasteiger partial charge is 0.178 e. The van der Waals surface area contributed by atoms with Crippen molar-refractivity contribution in [2.24, 2.45) is 40.4 Å². The van der Waals surface area contributed by atoms with E-state index in [1.807, 2.05) is 59.7 Å². The van der Waals surface area contributed by atoms with E-state index in [2.05, 4.69) is 20.8 Å². The summed E-state index contributed by atoms with van der Waals surface area (Å²) in [5.41, 5.74) is 0.725. The van der Waals surface area contributed by atoms with Gasteiger partial charge in [-0.3, -0.25) is 0 Å². The van der Waals surface area contributed by atoms with Crippen LogP contribution in [0.3, 0.4) is 0 Å². The number of fused-ring (bicyclic) bond motifs is 5. The SMILES string of the molecule is CC.CC.CC.CC12CCC3C(CCC4CC(O)CCC43C)C1CCC2CCS(=O)(=O)c1ccccc1.CC1CO1. The van der Waals surface area contributed by atoms with Crippen molar-refractivity contribution in [3.8, 4) is 0 Å². The quantitative estimate of drug-likeness (QED) is 0.354. The molecule has 5 heteroatoms. The van der Waals surface area contributed by atoms with E-state index in [1.54, 1.807) is 12.1 Å². The lowest BCUT2D eigenvalue weighted by Crippen LogP contribution is -2.53. The van der Waals surface area contributed by atoms with Crippen LogP contribution in [0.4, 0.5) is 0 Å². The van der Waals surface area contributed by atoms with Gasteiger partial charge in [-0.2, -0.15) is 0 Å². The van der Waals surface area contributed by atoms with Crippen molar-refractivity contribution in [3.05, 3.63) is 30.3 Å². The summed E-state index contributed by atoms with van der Waals surface area (Å²) in [5.74, 6) is 3.91. The van der Waals surface area contributed by atoms with Gasteiger partial charge in [-0.25, -0.2) is 8.42 Å². The summed E-state index contributed by atoms with van der Waals surface area (Å²) in [4.78, 5) is 0.476. The van der Waals surface area contributed by atoms with Gasteiger partial charge in [0.05, 0.1) is 29.5 Å². The molecule has 4 nitrogen and oxygen atoms in total. The van der Waals surface area contributed by atoms with Gasteiger partial charge < -0.3 is 9.84 Å². The number of aliphatic hydroxyl groups is 1. The van der Waals surface area contributed by atoms with Crippen LogP contribution in [0.25, 0.3) is 0 Å². The molecule has 1 saturated heterocycles. The van der Waals surface area contributed by atoms with Gasteiger partial charge in [-0.05, 0) is 124 Å². The van der Waals surface area contributed by atoms with Crippen LogP contribution < -0.4 is 0 Å². The predicted octanol–water partition coefficient (Wildman–Crippen LogP) is 9.35. The van der Waals surface area contributed by atoms with E-state index in [0.717, 1.165) is 43.6 Å². The molecule has 238 valence electrons. The zero-order chi connectivity index (χ0) is 30.8. The van der Waals surface area contributed by atoms with Crippen LogP contribution in [0.15, 0.2) is 35.2 Å². The molecule has 1 aromatic rings. The van der Waals surface area contributed by atoms with Crippen molar-refractivity contribution in [2.75, 3.05) is 12.4 Å². The Labute approximate surface area is 254 Å². The number of benzene rings is 1. The predicted molar refractivity (Wildman–Crippen MR) is 174 cm³/mol. The fraction of sp³-hybridized carbons (Fsp3) is 0.833. The van der Waals surface area contributed by atoms with Gasteiger partial charge in [0, 0.05) is 0 Å². The highest BCUT2D eigenvalue weighted by molar-refractivity contribution is 7.91. The molecule has 1 aromatic carbocycles. The summed E-state index contributed by atoms with van der Waals surface area (Å²) >= 11 is 0. The standard InChI is InChI=1S/C27H40O3S.C3H6O.3C2H6/c1-26-16-13-25-23(10-8-20-18-21(28)12-15-27(20,25)2)24(26)11-9-19(26)14-17-31(29,30)22-6-4-3-5-7-22;1-3-2-4-3;3*1-2/h3-7,19-21,23-25,28H,8-18H2,1-2H3;3H,2H2,1H3;3*1-2H3. The minimum absolute atomic E-state index is 0.0779. The molecule has 1 heterocycles. The largest absolute Gasteiger partial charge is 0.393 e. The summed E-state index contributed by atoms with van der Waals surface area (Å²) in [5, 5.41) is 10.2. The average Bonchev–Trinajstić information content (AvgIpc) is 3.71. The van der Waals surface area contributed by atoms with Crippen LogP contribution in [0, 0.1) is 40.4 Å². The molecule has 4 saturated carbocycles. The van der Waals surface area contributed by atoms with Gasteiger partial charge in [-0.15, -0.1) is 0 Å². The Morgan fingerprint density at radius 1 is 0.829 bits per heavy atom. The number of epoxide rings is 1. The van der Waals surface area contributed by atoms with Crippen LogP contribution >= 0.6 is 0 Å². The van der Waals surface area contributed by atoms with Crippen molar-refractivity contribution in [1.82, 2.24) is 0 Å². The van der Waals surface area contributed by atoms with Gasteiger partial charge in [0.25, 0.3) is 0 Å². The summed E-state index contributed by atoms with van der Waals surface area (Å²) in [6.07, 6.45) is 12.2. The highest BCUT2D eigenvalue weighted by atomic mass is 32.2. The Balaban J connectivity index is 0.000000516. The van der Waals surface area contributed by atoms with Crippen molar-refractivity contribution >= 4 is 9.84 Å². The molecule has 5 aliphatic rings. The maximum absolute atomic E-state index is 12.9. The lowest BCUT2D eigenvalue weighted by atomic mass is 9.44. The molecule has 5 fully saturated rings. The Morgan fingerprint density at radius 2 is 1.39 bits per heavy atom. The summed E-state index contributed by atoms with van der Waals surface area (Å²) < 4.78 is 30.5. The molecule has 41 heavy (non-hydrogen) atoms. The molecule has 1 aliphatic heterocycles. The van der Waals surface area contributed by atoms with Gasteiger partial charge in [0.2, 0.25) is 0 Å².